The first-order chi connectivity index (χ1) is 17.1. The number of amides is 1. The average molecular weight is 485 g/mol. The summed E-state index contributed by atoms with van der Waals surface area (Å²) in [4.78, 5) is 26.8. The smallest absolute Gasteiger partial charge is 0.251 e. The molecule has 1 aliphatic rings. The Morgan fingerprint density at radius 2 is 1.80 bits per heavy atom. The van der Waals surface area contributed by atoms with Crippen molar-refractivity contribution in [3.8, 4) is 5.75 Å². The van der Waals surface area contributed by atoms with E-state index in [1.807, 2.05) is 35.6 Å². The normalized spacial score (nSPS) is 12.8. The fourth-order valence-corrected chi connectivity index (χ4v) is 6.03. The second-order valence-electron chi connectivity index (χ2n) is 8.83. The zero-order valence-corrected chi connectivity index (χ0v) is 20.3. The number of nitrogens with one attached hydrogen (secondary N) is 1. The molecule has 0 unspecified atom stereocenters. The van der Waals surface area contributed by atoms with E-state index < -0.39 is 0 Å². The van der Waals surface area contributed by atoms with Crippen LogP contribution < -0.4 is 15.8 Å². The van der Waals surface area contributed by atoms with E-state index in [0.29, 0.717) is 29.8 Å². The number of rotatable bonds is 8. The molecule has 0 radical (unpaired) electrons. The van der Waals surface area contributed by atoms with Gasteiger partial charge >= 0.3 is 0 Å². The highest BCUT2D eigenvalue weighted by molar-refractivity contribution is 7.19. The Morgan fingerprint density at radius 3 is 2.69 bits per heavy atom. The number of thiophene rings is 1. The van der Waals surface area contributed by atoms with Crippen LogP contribution in [0.3, 0.4) is 0 Å². The topological polar surface area (TPSA) is 81.4 Å². The highest BCUT2D eigenvalue weighted by atomic mass is 32.1. The summed E-state index contributed by atoms with van der Waals surface area (Å²) in [6.07, 6.45) is 5.43. The van der Waals surface area contributed by atoms with Crippen LogP contribution in [-0.4, -0.2) is 24.8 Å². The standard InChI is InChI=1S/C29H28N2O3S/c30-21-9-5-8-20(17-21)25(32)18-31-29(33)22-10-2-1-7-19(22)15-16-34-26-13-6-12-24-23-11-3-4-14-27(23)35-28(24)26/h1-2,5-10,12-13,17H,3-4,11,14-16,18,30H2,(H,31,33). The van der Waals surface area contributed by atoms with Crippen molar-refractivity contribution in [2.45, 2.75) is 32.1 Å². The van der Waals surface area contributed by atoms with Gasteiger partial charge in [-0.1, -0.05) is 42.5 Å². The van der Waals surface area contributed by atoms with E-state index in [1.54, 1.807) is 30.3 Å². The van der Waals surface area contributed by atoms with Crippen LogP contribution in [0.2, 0.25) is 0 Å². The van der Waals surface area contributed by atoms with E-state index in [0.717, 1.165) is 24.2 Å². The van der Waals surface area contributed by atoms with Crippen molar-refractivity contribution in [1.29, 1.82) is 0 Å². The number of nitrogen functional groups attached to an aromatic ring is 1. The first-order valence-corrected chi connectivity index (χ1v) is 12.8. The first-order valence-electron chi connectivity index (χ1n) is 12.0. The molecule has 0 saturated carbocycles. The van der Waals surface area contributed by atoms with E-state index in [9.17, 15) is 9.59 Å². The Morgan fingerprint density at radius 1 is 0.971 bits per heavy atom. The molecule has 4 aromatic rings. The molecule has 5 nitrogen and oxygen atoms in total. The third-order valence-corrected chi connectivity index (χ3v) is 7.78. The molecule has 35 heavy (non-hydrogen) atoms. The Labute approximate surface area is 208 Å². The fourth-order valence-electron chi connectivity index (χ4n) is 4.67. The van der Waals surface area contributed by atoms with Gasteiger partial charge in [0.25, 0.3) is 5.91 Å². The Bertz CT molecular complexity index is 1390. The van der Waals surface area contributed by atoms with Gasteiger partial charge in [0.2, 0.25) is 0 Å². The summed E-state index contributed by atoms with van der Waals surface area (Å²) in [5, 5.41) is 4.07. The van der Waals surface area contributed by atoms with Gasteiger partial charge < -0.3 is 15.8 Å². The minimum atomic E-state index is -0.272. The summed E-state index contributed by atoms with van der Waals surface area (Å²) in [6.45, 7) is 0.381. The van der Waals surface area contributed by atoms with Crippen LogP contribution in [0.1, 0.15) is 49.6 Å². The van der Waals surface area contributed by atoms with E-state index >= 15 is 0 Å². The summed E-state index contributed by atoms with van der Waals surface area (Å²) < 4.78 is 7.44. The van der Waals surface area contributed by atoms with Gasteiger partial charge in [0, 0.05) is 28.1 Å². The number of nitrogens with two attached hydrogens (primary N) is 1. The van der Waals surface area contributed by atoms with Gasteiger partial charge in [-0.05, 0) is 66.5 Å². The quantitative estimate of drug-likeness (QED) is 0.252. The number of ketones is 1. The summed E-state index contributed by atoms with van der Waals surface area (Å²) in [6, 6.07) is 20.5. The van der Waals surface area contributed by atoms with E-state index in [4.69, 9.17) is 10.5 Å². The maximum atomic E-state index is 12.9. The molecular formula is C29H28N2O3S. The Hall–Kier alpha value is -3.64. The van der Waals surface area contributed by atoms with Crippen molar-refractivity contribution in [1.82, 2.24) is 5.32 Å². The summed E-state index contributed by atoms with van der Waals surface area (Å²) in [5.41, 5.74) is 9.70. The average Bonchev–Trinajstić information content (AvgIpc) is 3.27. The minimum absolute atomic E-state index is 0.0852. The molecule has 1 amide bonds. The fraction of sp³-hybridized carbons (Fsp3) is 0.241. The summed E-state index contributed by atoms with van der Waals surface area (Å²) in [5.74, 6) is 0.459. The molecule has 1 heterocycles. The maximum Gasteiger partial charge on any atom is 0.251 e. The van der Waals surface area contributed by atoms with Gasteiger partial charge in [0.05, 0.1) is 17.9 Å². The predicted octanol–water partition coefficient (Wildman–Crippen LogP) is 5.60. The molecule has 1 aromatic heterocycles. The number of hydrogen-bond acceptors (Lipinski definition) is 5. The molecular weight excluding hydrogens is 456 g/mol. The zero-order valence-electron chi connectivity index (χ0n) is 19.5. The lowest BCUT2D eigenvalue weighted by atomic mass is 9.96. The summed E-state index contributed by atoms with van der Waals surface area (Å²) in [7, 11) is 0. The number of benzene rings is 3. The molecule has 0 atom stereocenters. The predicted molar refractivity (Wildman–Crippen MR) is 142 cm³/mol. The molecule has 0 saturated heterocycles. The van der Waals surface area contributed by atoms with Crippen LogP contribution in [0.15, 0.2) is 66.7 Å². The lowest BCUT2D eigenvalue weighted by Gasteiger charge is -2.12. The highest BCUT2D eigenvalue weighted by Gasteiger charge is 2.18. The van der Waals surface area contributed by atoms with Gasteiger partial charge in [-0.15, -0.1) is 11.3 Å². The molecule has 1 aliphatic carbocycles. The number of hydrogen-bond donors (Lipinski definition) is 2. The van der Waals surface area contributed by atoms with Crippen molar-refractivity contribution in [2.75, 3.05) is 18.9 Å². The number of carbonyl (C=O) groups is 2. The molecule has 3 N–H and O–H groups in total. The maximum absolute atomic E-state index is 12.9. The summed E-state index contributed by atoms with van der Waals surface area (Å²) >= 11 is 1.86. The van der Waals surface area contributed by atoms with Crippen molar-refractivity contribution < 1.29 is 14.3 Å². The molecule has 0 fully saturated rings. The van der Waals surface area contributed by atoms with E-state index in [-0.39, 0.29) is 18.2 Å². The van der Waals surface area contributed by atoms with Crippen molar-refractivity contribution >= 4 is 38.8 Å². The van der Waals surface area contributed by atoms with Gasteiger partial charge in [-0.3, -0.25) is 9.59 Å². The molecule has 0 aliphatic heterocycles. The lowest BCUT2D eigenvalue weighted by molar-refractivity contribution is 0.0903. The number of fused-ring (bicyclic) bond motifs is 3. The monoisotopic (exact) mass is 484 g/mol. The Kier molecular flexibility index (Phi) is 6.82. The first kappa shape index (κ1) is 23.1. The molecule has 178 valence electrons. The third kappa shape index (κ3) is 5.08. The lowest BCUT2D eigenvalue weighted by Crippen LogP contribution is -2.30. The molecule has 0 spiro atoms. The second kappa shape index (κ2) is 10.3. The van der Waals surface area contributed by atoms with Crippen molar-refractivity contribution in [2.24, 2.45) is 0 Å². The molecule has 0 bridgehead atoms. The highest BCUT2D eigenvalue weighted by Crippen LogP contribution is 2.40. The number of ether oxygens (including phenoxy) is 1. The minimum Gasteiger partial charge on any atom is -0.492 e. The molecule has 5 rings (SSSR count). The van der Waals surface area contributed by atoms with Crippen LogP contribution in [0.25, 0.3) is 10.1 Å². The Balaban J connectivity index is 1.23. The van der Waals surface area contributed by atoms with Gasteiger partial charge in [-0.2, -0.15) is 0 Å². The van der Waals surface area contributed by atoms with Gasteiger partial charge in [0.15, 0.2) is 5.78 Å². The van der Waals surface area contributed by atoms with Crippen LogP contribution in [0, 0.1) is 0 Å². The number of Topliss-reactive ketones (excluding diaryl/α,β-unsaturated/α-hetero) is 1. The van der Waals surface area contributed by atoms with Gasteiger partial charge in [-0.25, -0.2) is 0 Å². The van der Waals surface area contributed by atoms with Gasteiger partial charge in [0.1, 0.15) is 5.75 Å². The largest absolute Gasteiger partial charge is 0.492 e. The number of aryl methyl sites for hydroxylation is 2. The van der Waals surface area contributed by atoms with Crippen molar-refractivity contribution in [3.63, 3.8) is 0 Å². The van der Waals surface area contributed by atoms with E-state index in [2.05, 4.69) is 17.4 Å². The van der Waals surface area contributed by atoms with E-state index in [1.165, 1.54) is 33.4 Å². The van der Waals surface area contributed by atoms with Crippen LogP contribution in [-0.2, 0) is 19.3 Å². The number of carbonyl (C=O) groups excluding carboxylic acids is 2. The van der Waals surface area contributed by atoms with Crippen LogP contribution in [0.5, 0.6) is 5.75 Å². The number of anilines is 1. The molecule has 6 heteroatoms. The molecule has 3 aromatic carbocycles. The van der Waals surface area contributed by atoms with Crippen LogP contribution >= 0.6 is 11.3 Å². The van der Waals surface area contributed by atoms with Crippen LogP contribution in [0.4, 0.5) is 5.69 Å². The zero-order chi connectivity index (χ0) is 24.2. The second-order valence-corrected chi connectivity index (χ2v) is 9.94. The SMILES string of the molecule is Nc1cccc(C(=O)CNC(=O)c2ccccc2CCOc2cccc3c4c(sc23)CCCC4)c1. The third-order valence-electron chi connectivity index (χ3n) is 6.46. The van der Waals surface area contributed by atoms with Crippen molar-refractivity contribution in [3.05, 3.63) is 93.9 Å².